The highest BCUT2D eigenvalue weighted by Crippen LogP contribution is 2.24. The van der Waals surface area contributed by atoms with Gasteiger partial charge >= 0.3 is 0 Å². The van der Waals surface area contributed by atoms with Gasteiger partial charge in [-0.3, -0.25) is 4.79 Å². The average Bonchev–Trinajstić information content (AvgIpc) is 2.79. The lowest BCUT2D eigenvalue weighted by molar-refractivity contribution is 0.0753. The Labute approximate surface area is 129 Å². The summed E-state index contributed by atoms with van der Waals surface area (Å²) in [7, 11) is 0. The molecule has 0 fully saturated rings. The second-order valence-corrected chi connectivity index (χ2v) is 6.85. The lowest BCUT2D eigenvalue weighted by Crippen LogP contribution is -2.30. The Hall–Kier alpha value is -1.40. The number of anilines is 1. The van der Waals surface area contributed by atoms with Crippen molar-refractivity contribution in [3.05, 3.63) is 50.4 Å². The van der Waals surface area contributed by atoms with Gasteiger partial charge in [0, 0.05) is 22.7 Å². The molecule has 6 heteroatoms. The lowest BCUT2D eigenvalue weighted by Gasteiger charge is -2.20. The quantitative estimate of drug-likeness (QED) is 0.844. The molecule has 1 aromatic carbocycles. The Morgan fingerprint density at radius 2 is 2.15 bits per heavy atom. The van der Waals surface area contributed by atoms with Crippen LogP contribution in [0.5, 0.6) is 0 Å². The normalized spacial score (nSPS) is 10.6. The van der Waals surface area contributed by atoms with Crippen molar-refractivity contribution >= 4 is 38.9 Å². The Bertz CT molecular complexity index is 609. The molecule has 0 saturated heterocycles. The first-order valence-electron chi connectivity index (χ1n) is 6.09. The lowest BCUT2D eigenvalue weighted by atomic mass is 10.1. The third kappa shape index (κ3) is 3.58. The van der Waals surface area contributed by atoms with Crippen molar-refractivity contribution in [1.29, 1.82) is 0 Å². The fraction of sp³-hybridized carbons (Fsp3) is 0.214. The molecule has 20 heavy (non-hydrogen) atoms. The van der Waals surface area contributed by atoms with Crippen LogP contribution < -0.4 is 5.73 Å². The number of hydrogen-bond donors (Lipinski definition) is 1. The first-order chi connectivity index (χ1) is 9.49. The van der Waals surface area contributed by atoms with Crippen LogP contribution in [0.3, 0.4) is 0 Å². The molecular weight excluding hydrogens is 343 g/mol. The van der Waals surface area contributed by atoms with Crippen molar-refractivity contribution in [3.63, 3.8) is 0 Å². The molecule has 1 amide bonds. The molecular formula is C14H14BrFN2OS. The zero-order valence-corrected chi connectivity index (χ0v) is 13.3. The number of thiophene rings is 1. The van der Waals surface area contributed by atoms with Crippen molar-refractivity contribution in [3.8, 4) is 0 Å². The van der Waals surface area contributed by atoms with E-state index in [0.29, 0.717) is 13.1 Å². The molecule has 0 radical (unpaired) electrons. The number of carbonyl (C=O) groups is 1. The van der Waals surface area contributed by atoms with E-state index in [1.807, 2.05) is 19.1 Å². The topological polar surface area (TPSA) is 46.3 Å². The molecule has 3 nitrogen and oxygen atoms in total. The molecule has 1 aromatic heterocycles. The molecule has 2 N–H and O–H groups in total. The van der Waals surface area contributed by atoms with Crippen molar-refractivity contribution in [1.82, 2.24) is 4.90 Å². The number of benzene rings is 1. The van der Waals surface area contributed by atoms with Gasteiger partial charge in [0.25, 0.3) is 5.91 Å². The number of amides is 1. The van der Waals surface area contributed by atoms with Crippen LogP contribution in [-0.4, -0.2) is 17.4 Å². The number of carbonyl (C=O) groups excluding carboxylic acids is 1. The second kappa shape index (κ2) is 6.37. The van der Waals surface area contributed by atoms with Gasteiger partial charge in [0.15, 0.2) is 0 Å². The monoisotopic (exact) mass is 356 g/mol. The summed E-state index contributed by atoms with van der Waals surface area (Å²) in [5.74, 6) is -0.716. The summed E-state index contributed by atoms with van der Waals surface area (Å²) < 4.78 is 14.4. The second-order valence-electron chi connectivity index (χ2n) is 4.30. The molecule has 1 heterocycles. The number of nitrogens with two attached hydrogens (primary N) is 1. The third-order valence-corrected chi connectivity index (χ3v) is 4.42. The highest BCUT2D eigenvalue weighted by molar-refractivity contribution is 9.11. The van der Waals surface area contributed by atoms with Gasteiger partial charge in [-0.1, -0.05) is 0 Å². The third-order valence-electron chi connectivity index (χ3n) is 2.81. The molecule has 0 aliphatic rings. The summed E-state index contributed by atoms with van der Waals surface area (Å²) in [6.45, 7) is 2.94. The maximum absolute atomic E-state index is 13.3. The number of hydrogen-bond acceptors (Lipinski definition) is 3. The highest BCUT2D eigenvalue weighted by Gasteiger charge is 2.16. The maximum atomic E-state index is 13.3. The van der Waals surface area contributed by atoms with E-state index in [2.05, 4.69) is 15.9 Å². The zero-order chi connectivity index (χ0) is 14.7. The van der Waals surface area contributed by atoms with Gasteiger partial charge in [0.1, 0.15) is 5.82 Å². The molecule has 0 aliphatic carbocycles. The summed E-state index contributed by atoms with van der Waals surface area (Å²) in [4.78, 5) is 15.1. The van der Waals surface area contributed by atoms with Crippen molar-refractivity contribution < 1.29 is 9.18 Å². The van der Waals surface area contributed by atoms with E-state index >= 15 is 0 Å². The van der Waals surface area contributed by atoms with E-state index in [-0.39, 0.29) is 17.2 Å². The first-order valence-corrected chi connectivity index (χ1v) is 7.70. The predicted molar refractivity (Wildman–Crippen MR) is 83.2 cm³/mol. The van der Waals surface area contributed by atoms with Crippen LogP contribution in [0.15, 0.2) is 34.1 Å². The minimum absolute atomic E-state index is 0.219. The maximum Gasteiger partial charge on any atom is 0.254 e. The summed E-state index contributed by atoms with van der Waals surface area (Å²) in [6, 6.07) is 7.82. The Morgan fingerprint density at radius 1 is 1.40 bits per heavy atom. The number of nitrogen functional groups attached to an aromatic ring is 1. The van der Waals surface area contributed by atoms with Gasteiger partial charge in [0.05, 0.1) is 10.3 Å². The van der Waals surface area contributed by atoms with Crippen LogP contribution in [0, 0.1) is 5.82 Å². The number of rotatable bonds is 4. The van der Waals surface area contributed by atoms with E-state index in [0.717, 1.165) is 8.66 Å². The van der Waals surface area contributed by atoms with E-state index in [1.165, 1.54) is 18.2 Å². The molecule has 0 saturated carbocycles. The molecule has 0 unspecified atom stereocenters. The summed E-state index contributed by atoms with van der Waals surface area (Å²) in [5.41, 5.74) is 6.11. The van der Waals surface area contributed by atoms with E-state index in [9.17, 15) is 9.18 Å². The predicted octanol–water partition coefficient (Wildman–Crippen LogP) is 3.89. The van der Waals surface area contributed by atoms with Crippen LogP contribution in [0.25, 0.3) is 0 Å². The average molecular weight is 357 g/mol. The molecule has 0 atom stereocenters. The standard InChI is InChI=1S/C14H14BrFN2OS/c1-2-18(8-12-3-4-13(15)20-12)14(19)9-5-10(16)7-11(17)6-9/h3-7H,2,8,17H2,1H3. The SMILES string of the molecule is CCN(Cc1ccc(Br)s1)C(=O)c1cc(N)cc(F)c1. The van der Waals surface area contributed by atoms with Crippen LogP contribution in [0.2, 0.25) is 0 Å². The summed E-state index contributed by atoms with van der Waals surface area (Å²) in [6.07, 6.45) is 0. The molecule has 0 spiro atoms. The minimum atomic E-state index is -0.497. The van der Waals surface area contributed by atoms with E-state index in [1.54, 1.807) is 16.2 Å². The van der Waals surface area contributed by atoms with Crippen LogP contribution in [0.1, 0.15) is 22.2 Å². The number of halogens is 2. The fourth-order valence-electron chi connectivity index (χ4n) is 1.87. The molecule has 0 aliphatic heterocycles. The van der Waals surface area contributed by atoms with Crippen LogP contribution in [-0.2, 0) is 6.54 Å². The largest absolute Gasteiger partial charge is 0.399 e. The Balaban J connectivity index is 2.20. The van der Waals surface area contributed by atoms with E-state index in [4.69, 9.17) is 5.73 Å². The molecule has 2 rings (SSSR count). The summed E-state index contributed by atoms with van der Waals surface area (Å²) >= 11 is 4.97. The van der Waals surface area contributed by atoms with E-state index < -0.39 is 5.82 Å². The van der Waals surface area contributed by atoms with Gasteiger partial charge in [-0.25, -0.2) is 4.39 Å². The van der Waals surface area contributed by atoms with Crippen LogP contribution in [0.4, 0.5) is 10.1 Å². The van der Waals surface area contributed by atoms with Gasteiger partial charge in [-0.2, -0.15) is 0 Å². The molecule has 0 bridgehead atoms. The first kappa shape index (κ1) is 15.0. The van der Waals surface area contributed by atoms with Crippen molar-refractivity contribution in [2.75, 3.05) is 12.3 Å². The number of nitrogens with zero attached hydrogens (tertiary/aromatic N) is 1. The fourth-order valence-corrected chi connectivity index (χ4v) is 3.37. The Kier molecular flexibility index (Phi) is 4.77. The summed E-state index contributed by atoms with van der Waals surface area (Å²) in [5, 5.41) is 0. The zero-order valence-electron chi connectivity index (χ0n) is 10.9. The smallest absolute Gasteiger partial charge is 0.254 e. The Morgan fingerprint density at radius 3 is 2.70 bits per heavy atom. The van der Waals surface area contributed by atoms with Gasteiger partial charge in [0.2, 0.25) is 0 Å². The van der Waals surface area contributed by atoms with Crippen molar-refractivity contribution in [2.45, 2.75) is 13.5 Å². The highest BCUT2D eigenvalue weighted by atomic mass is 79.9. The van der Waals surface area contributed by atoms with Gasteiger partial charge in [-0.05, 0) is 53.2 Å². The van der Waals surface area contributed by atoms with Crippen LogP contribution >= 0.6 is 27.3 Å². The van der Waals surface area contributed by atoms with Crippen molar-refractivity contribution in [2.24, 2.45) is 0 Å². The van der Waals surface area contributed by atoms with Gasteiger partial charge in [-0.15, -0.1) is 11.3 Å². The van der Waals surface area contributed by atoms with Gasteiger partial charge < -0.3 is 10.6 Å². The molecule has 106 valence electrons. The molecule has 2 aromatic rings. The minimum Gasteiger partial charge on any atom is -0.399 e.